The van der Waals surface area contributed by atoms with Crippen molar-refractivity contribution in [2.24, 2.45) is 5.92 Å². The van der Waals surface area contributed by atoms with Gasteiger partial charge in [0, 0.05) is 30.6 Å². The number of anilines is 2. The van der Waals surface area contributed by atoms with Crippen molar-refractivity contribution in [3.63, 3.8) is 0 Å². The molecule has 0 unspecified atom stereocenters. The van der Waals surface area contributed by atoms with E-state index < -0.39 is 0 Å². The highest BCUT2D eigenvalue weighted by Crippen LogP contribution is 2.30. The molecule has 1 saturated heterocycles. The predicted molar refractivity (Wildman–Crippen MR) is 106 cm³/mol. The SMILES string of the molecule is O=C(Nc1cccnc1N1CCC(CO)CC1)c1cc2ccccc2s1. The number of amides is 1. The third-order valence-corrected chi connectivity index (χ3v) is 5.97. The van der Waals surface area contributed by atoms with Crippen LogP contribution in [0, 0.1) is 5.92 Å². The van der Waals surface area contributed by atoms with Gasteiger partial charge < -0.3 is 15.3 Å². The average molecular weight is 367 g/mol. The number of carbonyl (C=O) groups excluding carboxylic acids is 1. The van der Waals surface area contributed by atoms with Crippen molar-refractivity contribution in [2.45, 2.75) is 12.8 Å². The van der Waals surface area contributed by atoms with Crippen molar-refractivity contribution in [1.29, 1.82) is 0 Å². The fourth-order valence-corrected chi connectivity index (χ4v) is 4.31. The number of aliphatic hydroxyl groups excluding tert-OH is 1. The van der Waals surface area contributed by atoms with Gasteiger partial charge in [-0.25, -0.2) is 4.98 Å². The van der Waals surface area contributed by atoms with Crippen LogP contribution in [0.2, 0.25) is 0 Å². The van der Waals surface area contributed by atoms with Gasteiger partial charge >= 0.3 is 0 Å². The van der Waals surface area contributed by atoms with E-state index in [0.717, 1.165) is 47.5 Å². The van der Waals surface area contributed by atoms with E-state index in [0.29, 0.717) is 10.8 Å². The number of nitrogens with one attached hydrogen (secondary N) is 1. The maximum absolute atomic E-state index is 12.7. The number of fused-ring (bicyclic) bond motifs is 1. The Labute approximate surface area is 156 Å². The number of carbonyl (C=O) groups is 1. The van der Waals surface area contributed by atoms with Gasteiger partial charge in [0.2, 0.25) is 0 Å². The number of nitrogens with zero attached hydrogens (tertiary/aromatic N) is 2. The minimum Gasteiger partial charge on any atom is -0.396 e. The molecule has 1 fully saturated rings. The summed E-state index contributed by atoms with van der Waals surface area (Å²) in [4.78, 5) is 20.1. The van der Waals surface area contributed by atoms with Crippen LogP contribution in [-0.4, -0.2) is 35.7 Å². The molecule has 26 heavy (non-hydrogen) atoms. The quantitative estimate of drug-likeness (QED) is 0.737. The zero-order valence-corrected chi connectivity index (χ0v) is 15.2. The van der Waals surface area contributed by atoms with Gasteiger partial charge in [0.25, 0.3) is 5.91 Å². The number of aliphatic hydroxyl groups is 1. The molecule has 1 aliphatic heterocycles. The Kier molecular flexibility index (Phi) is 4.86. The molecule has 1 amide bonds. The maximum atomic E-state index is 12.7. The number of hydrogen-bond donors (Lipinski definition) is 2. The topological polar surface area (TPSA) is 65.5 Å². The first-order valence-electron chi connectivity index (χ1n) is 8.85. The monoisotopic (exact) mass is 367 g/mol. The first kappa shape index (κ1) is 17.0. The molecule has 3 heterocycles. The largest absolute Gasteiger partial charge is 0.396 e. The Bertz CT molecular complexity index is 883. The highest BCUT2D eigenvalue weighted by atomic mass is 32.1. The Morgan fingerprint density at radius 3 is 2.81 bits per heavy atom. The van der Waals surface area contributed by atoms with Crippen LogP contribution >= 0.6 is 11.3 Å². The molecule has 0 atom stereocenters. The fraction of sp³-hybridized carbons (Fsp3) is 0.300. The van der Waals surface area contributed by atoms with Crippen LogP contribution in [0.1, 0.15) is 22.5 Å². The fourth-order valence-electron chi connectivity index (χ4n) is 3.35. The second-order valence-corrected chi connectivity index (χ2v) is 7.67. The minimum absolute atomic E-state index is 0.106. The smallest absolute Gasteiger partial charge is 0.265 e. The number of rotatable bonds is 4. The molecule has 1 aliphatic rings. The van der Waals surface area contributed by atoms with Crippen LogP contribution < -0.4 is 10.2 Å². The van der Waals surface area contributed by atoms with Gasteiger partial charge in [-0.1, -0.05) is 18.2 Å². The maximum Gasteiger partial charge on any atom is 0.265 e. The van der Waals surface area contributed by atoms with Crippen LogP contribution in [0.25, 0.3) is 10.1 Å². The van der Waals surface area contributed by atoms with Crippen LogP contribution in [-0.2, 0) is 0 Å². The molecular weight excluding hydrogens is 346 g/mol. The number of aromatic nitrogens is 1. The first-order chi connectivity index (χ1) is 12.7. The van der Waals surface area contributed by atoms with Crippen molar-refractivity contribution >= 4 is 38.8 Å². The van der Waals surface area contributed by atoms with Gasteiger partial charge in [-0.15, -0.1) is 11.3 Å². The van der Waals surface area contributed by atoms with E-state index in [1.165, 1.54) is 11.3 Å². The summed E-state index contributed by atoms with van der Waals surface area (Å²) in [7, 11) is 0. The van der Waals surface area contributed by atoms with Crippen molar-refractivity contribution in [3.05, 3.63) is 53.5 Å². The second kappa shape index (κ2) is 7.43. The normalized spacial score (nSPS) is 15.3. The summed E-state index contributed by atoms with van der Waals surface area (Å²) in [5, 5.41) is 13.4. The van der Waals surface area contributed by atoms with Gasteiger partial charge in [0.05, 0.1) is 10.6 Å². The number of thiophene rings is 1. The van der Waals surface area contributed by atoms with Crippen LogP contribution in [0.3, 0.4) is 0 Å². The zero-order chi connectivity index (χ0) is 17.9. The van der Waals surface area contributed by atoms with Crippen molar-refractivity contribution in [1.82, 2.24) is 4.98 Å². The summed E-state index contributed by atoms with van der Waals surface area (Å²) < 4.78 is 1.11. The van der Waals surface area contributed by atoms with Crippen molar-refractivity contribution < 1.29 is 9.90 Å². The molecule has 0 bridgehead atoms. The Morgan fingerprint density at radius 2 is 2.04 bits per heavy atom. The molecule has 0 saturated carbocycles. The van der Waals surface area contributed by atoms with E-state index in [4.69, 9.17) is 0 Å². The van der Waals surface area contributed by atoms with Gasteiger partial charge in [-0.2, -0.15) is 0 Å². The molecule has 2 aromatic heterocycles. The van der Waals surface area contributed by atoms with Crippen LogP contribution in [0.15, 0.2) is 48.7 Å². The van der Waals surface area contributed by atoms with E-state index in [2.05, 4.69) is 15.2 Å². The minimum atomic E-state index is -0.106. The van der Waals surface area contributed by atoms with Gasteiger partial charge in [-0.3, -0.25) is 4.79 Å². The van der Waals surface area contributed by atoms with Crippen LogP contribution in [0.4, 0.5) is 11.5 Å². The average Bonchev–Trinajstić information content (AvgIpc) is 3.13. The van der Waals surface area contributed by atoms with Crippen LogP contribution in [0.5, 0.6) is 0 Å². The Hall–Kier alpha value is -2.44. The predicted octanol–water partition coefficient (Wildman–Crippen LogP) is 3.76. The highest BCUT2D eigenvalue weighted by molar-refractivity contribution is 7.20. The molecule has 0 radical (unpaired) electrons. The highest BCUT2D eigenvalue weighted by Gasteiger charge is 2.22. The standard InChI is InChI=1S/C20H21N3O2S/c24-13-14-7-10-23(11-8-14)19-16(5-3-9-21-19)22-20(25)18-12-15-4-1-2-6-17(15)26-18/h1-6,9,12,14,24H,7-8,10-11,13H2,(H,22,25). The lowest BCUT2D eigenvalue weighted by Gasteiger charge is -2.33. The Morgan fingerprint density at radius 1 is 1.23 bits per heavy atom. The molecule has 1 aromatic carbocycles. The van der Waals surface area contributed by atoms with Gasteiger partial charge in [-0.05, 0) is 48.4 Å². The van der Waals surface area contributed by atoms with E-state index in [1.807, 2.05) is 42.5 Å². The van der Waals surface area contributed by atoms with Gasteiger partial charge in [0.1, 0.15) is 0 Å². The lowest BCUT2D eigenvalue weighted by Crippen LogP contribution is -2.35. The summed E-state index contributed by atoms with van der Waals surface area (Å²) in [6.07, 6.45) is 3.64. The molecule has 3 aromatic rings. The van der Waals surface area contributed by atoms with Crippen molar-refractivity contribution in [3.8, 4) is 0 Å². The molecule has 4 rings (SSSR count). The Balaban J connectivity index is 1.54. The van der Waals surface area contributed by atoms with E-state index >= 15 is 0 Å². The van der Waals surface area contributed by atoms with Gasteiger partial charge in [0.15, 0.2) is 5.82 Å². The third-order valence-electron chi connectivity index (χ3n) is 4.86. The molecule has 2 N–H and O–H groups in total. The summed E-state index contributed by atoms with van der Waals surface area (Å²) in [5.74, 6) is 1.07. The lowest BCUT2D eigenvalue weighted by atomic mass is 9.98. The second-order valence-electron chi connectivity index (χ2n) is 6.59. The third kappa shape index (κ3) is 3.43. The zero-order valence-electron chi connectivity index (χ0n) is 14.4. The summed E-state index contributed by atoms with van der Waals surface area (Å²) >= 11 is 1.50. The van der Waals surface area contributed by atoms with E-state index in [9.17, 15) is 9.90 Å². The molecule has 0 aliphatic carbocycles. The molecule has 5 nitrogen and oxygen atoms in total. The molecule has 134 valence electrons. The summed E-state index contributed by atoms with van der Waals surface area (Å²) in [5.41, 5.74) is 0.734. The first-order valence-corrected chi connectivity index (χ1v) is 9.67. The molecule has 0 spiro atoms. The summed E-state index contributed by atoms with van der Waals surface area (Å²) in [6.45, 7) is 1.92. The van der Waals surface area contributed by atoms with E-state index in [1.54, 1.807) is 6.20 Å². The number of hydrogen-bond acceptors (Lipinski definition) is 5. The molecule has 6 heteroatoms. The molecular formula is C20H21N3O2S. The summed E-state index contributed by atoms with van der Waals surface area (Å²) in [6, 6.07) is 13.7. The lowest BCUT2D eigenvalue weighted by molar-refractivity contribution is 0.103. The van der Waals surface area contributed by atoms with Crippen molar-refractivity contribution in [2.75, 3.05) is 29.9 Å². The van der Waals surface area contributed by atoms with E-state index in [-0.39, 0.29) is 12.5 Å². The number of piperidine rings is 1. The number of benzene rings is 1. The number of pyridine rings is 1.